The van der Waals surface area contributed by atoms with Crippen LogP contribution in [0, 0.1) is 5.92 Å². The van der Waals surface area contributed by atoms with Gasteiger partial charge in [0, 0.05) is 23.7 Å². The third kappa shape index (κ3) is 6.23. The highest BCUT2D eigenvalue weighted by atomic mass is 35.5. The van der Waals surface area contributed by atoms with Crippen molar-refractivity contribution in [2.75, 3.05) is 13.1 Å². The molecule has 1 aliphatic heterocycles. The predicted octanol–water partition coefficient (Wildman–Crippen LogP) is 5.46. The first-order chi connectivity index (χ1) is 14.4. The van der Waals surface area contributed by atoms with E-state index in [1.54, 1.807) is 29.2 Å². The fraction of sp³-hybridized carbons (Fsp3) is 0.417. The number of benzene rings is 2. The zero-order valence-electron chi connectivity index (χ0n) is 17.5. The van der Waals surface area contributed by atoms with Crippen molar-refractivity contribution in [3.63, 3.8) is 0 Å². The standard InChI is InChI=1S/C24H29ClN2O3/c1-17(2)30-24(29)27-14-12-18(13-15-27)16-22(19-6-4-3-5-7-19)26-23(28)20-8-10-21(25)11-9-20/h3-11,17-18,22H,12-16H2,1-2H3,(H,26,28)/t22-/m0/s1. The van der Waals surface area contributed by atoms with Gasteiger partial charge in [-0.3, -0.25) is 4.79 Å². The molecule has 1 aliphatic rings. The molecule has 3 rings (SSSR count). The van der Waals surface area contributed by atoms with Crippen molar-refractivity contribution in [1.29, 1.82) is 0 Å². The zero-order valence-corrected chi connectivity index (χ0v) is 18.3. The van der Waals surface area contributed by atoms with Crippen molar-refractivity contribution >= 4 is 23.6 Å². The van der Waals surface area contributed by atoms with E-state index in [1.165, 1.54) is 0 Å². The summed E-state index contributed by atoms with van der Waals surface area (Å²) >= 11 is 5.94. The van der Waals surface area contributed by atoms with Gasteiger partial charge in [-0.1, -0.05) is 41.9 Å². The number of piperidine rings is 1. The van der Waals surface area contributed by atoms with E-state index in [2.05, 4.69) is 5.32 Å². The molecule has 0 radical (unpaired) electrons. The lowest BCUT2D eigenvalue weighted by Gasteiger charge is -2.33. The van der Waals surface area contributed by atoms with E-state index in [0.717, 1.165) is 24.8 Å². The smallest absolute Gasteiger partial charge is 0.410 e. The molecule has 0 bridgehead atoms. The van der Waals surface area contributed by atoms with E-state index in [0.29, 0.717) is 29.6 Å². The molecule has 0 aliphatic carbocycles. The van der Waals surface area contributed by atoms with Crippen molar-refractivity contribution in [3.05, 3.63) is 70.7 Å². The Morgan fingerprint density at radius 1 is 1.07 bits per heavy atom. The number of nitrogens with one attached hydrogen (secondary N) is 1. The molecule has 0 aromatic heterocycles. The van der Waals surface area contributed by atoms with Crippen LogP contribution >= 0.6 is 11.6 Å². The molecule has 0 unspecified atom stereocenters. The summed E-state index contributed by atoms with van der Waals surface area (Å²) in [7, 11) is 0. The Kier molecular flexibility index (Phi) is 7.75. The van der Waals surface area contributed by atoms with Crippen molar-refractivity contribution in [2.45, 2.75) is 45.3 Å². The fourth-order valence-corrected chi connectivity index (χ4v) is 3.89. The van der Waals surface area contributed by atoms with E-state index in [9.17, 15) is 9.59 Å². The molecule has 1 saturated heterocycles. The minimum Gasteiger partial charge on any atom is -0.447 e. The normalized spacial score (nSPS) is 15.7. The van der Waals surface area contributed by atoms with Gasteiger partial charge >= 0.3 is 6.09 Å². The number of hydrogen-bond acceptors (Lipinski definition) is 3. The zero-order chi connectivity index (χ0) is 21.5. The molecule has 2 amide bonds. The third-order valence-electron chi connectivity index (χ3n) is 5.39. The van der Waals surface area contributed by atoms with Gasteiger partial charge in [0.2, 0.25) is 0 Å². The lowest BCUT2D eigenvalue weighted by atomic mass is 9.87. The molecule has 2 aromatic carbocycles. The van der Waals surface area contributed by atoms with Gasteiger partial charge < -0.3 is 15.0 Å². The van der Waals surface area contributed by atoms with Crippen molar-refractivity contribution in [2.24, 2.45) is 5.92 Å². The van der Waals surface area contributed by atoms with E-state index in [1.807, 2.05) is 44.2 Å². The second kappa shape index (κ2) is 10.5. The van der Waals surface area contributed by atoms with Gasteiger partial charge in [0.25, 0.3) is 5.91 Å². The highest BCUT2D eigenvalue weighted by Gasteiger charge is 2.27. The number of hydrogen-bond donors (Lipinski definition) is 1. The number of ether oxygens (including phenoxy) is 1. The van der Waals surface area contributed by atoms with E-state index in [-0.39, 0.29) is 24.1 Å². The molecule has 0 spiro atoms. The third-order valence-corrected chi connectivity index (χ3v) is 5.64. The minimum absolute atomic E-state index is 0.0893. The van der Waals surface area contributed by atoms with Crippen molar-refractivity contribution in [1.82, 2.24) is 10.2 Å². The average molecular weight is 429 g/mol. The SMILES string of the molecule is CC(C)OC(=O)N1CCC(C[C@H](NC(=O)c2ccc(Cl)cc2)c2ccccc2)CC1. The summed E-state index contributed by atoms with van der Waals surface area (Å²) in [5.74, 6) is 0.308. The Labute approximate surface area is 183 Å². The molecule has 30 heavy (non-hydrogen) atoms. The quantitative estimate of drug-likeness (QED) is 0.664. The van der Waals surface area contributed by atoms with Crippen LogP contribution in [0.2, 0.25) is 5.02 Å². The summed E-state index contributed by atoms with van der Waals surface area (Å²) < 4.78 is 5.31. The summed E-state index contributed by atoms with van der Waals surface area (Å²) in [6.45, 7) is 5.09. The lowest BCUT2D eigenvalue weighted by molar-refractivity contribution is 0.0639. The second-order valence-electron chi connectivity index (χ2n) is 8.04. The molecule has 2 aromatic rings. The first-order valence-corrected chi connectivity index (χ1v) is 10.9. The predicted molar refractivity (Wildman–Crippen MR) is 119 cm³/mol. The molecule has 1 fully saturated rings. The number of nitrogens with zero attached hydrogens (tertiary/aromatic N) is 1. The maximum atomic E-state index is 12.8. The maximum Gasteiger partial charge on any atom is 0.410 e. The topological polar surface area (TPSA) is 58.6 Å². The molecular weight excluding hydrogens is 400 g/mol. The Bertz CT molecular complexity index is 831. The summed E-state index contributed by atoms with van der Waals surface area (Å²) in [4.78, 5) is 26.7. The van der Waals surface area contributed by atoms with Crippen LogP contribution in [0.1, 0.15) is 55.1 Å². The molecule has 1 N–H and O–H groups in total. The monoisotopic (exact) mass is 428 g/mol. The molecule has 160 valence electrons. The van der Waals surface area contributed by atoms with E-state index < -0.39 is 0 Å². The van der Waals surface area contributed by atoms with Gasteiger partial charge in [-0.15, -0.1) is 0 Å². The van der Waals surface area contributed by atoms with Gasteiger partial charge in [0.1, 0.15) is 0 Å². The highest BCUT2D eigenvalue weighted by Crippen LogP contribution is 2.29. The summed E-state index contributed by atoms with van der Waals surface area (Å²) in [5, 5.41) is 3.79. The second-order valence-corrected chi connectivity index (χ2v) is 8.48. The highest BCUT2D eigenvalue weighted by molar-refractivity contribution is 6.30. The average Bonchev–Trinajstić information content (AvgIpc) is 2.74. The van der Waals surface area contributed by atoms with Crippen LogP contribution in [0.4, 0.5) is 4.79 Å². The molecule has 1 atom stereocenters. The number of carbonyl (C=O) groups excluding carboxylic acids is 2. The van der Waals surface area contributed by atoms with Crippen LogP contribution in [0.15, 0.2) is 54.6 Å². The summed E-state index contributed by atoms with van der Waals surface area (Å²) in [6.07, 6.45) is 2.27. The van der Waals surface area contributed by atoms with Crippen LogP contribution in [0.3, 0.4) is 0 Å². The fourth-order valence-electron chi connectivity index (χ4n) is 3.77. The largest absolute Gasteiger partial charge is 0.447 e. The molecule has 6 heteroatoms. The summed E-state index contributed by atoms with van der Waals surface area (Å²) in [5.41, 5.74) is 1.67. The van der Waals surface area contributed by atoms with Gasteiger partial charge in [0.05, 0.1) is 12.1 Å². The Balaban J connectivity index is 1.63. The summed E-state index contributed by atoms with van der Waals surface area (Å²) in [6, 6.07) is 16.9. The molecule has 1 heterocycles. The van der Waals surface area contributed by atoms with Crippen LogP contribution in [-0.4, -0.2) is 36.1 Å². The Morgan fingerprint density at radius 2 is 1.70 bits per heavy atom. The Morgan fingerprint density at radius 3 is 2.30 bits per heavy atom. The number of carbonyl (C=O) groups is 2. The van der Waals surface area contributed by atoms with Crippen LogP contribution in [0.25, 0.3) is 0 Å². The number of amides is 2. The van der Waals surface area contributed by atoms with Crippen LogP contribution < -0.4 is 5.32 Å². The van der Waals surface area contributed by atoms with Gasteiger partial charge in [-0.25, -0.2) is 4.79 Å². The van der Waals surface area contributed by atoms with Crippen LogP contribution in [-0.2, 0) is 4.74 Å². The molecule has 5 nitrogen and oxygen atoms in total. The first-order valence-electron chi connectivity index (χ1n) is 10.5. The maximum absolute atomic E-state index is 12.8. The van der Waals surface area contributed by atoms with E-state index >= 15 is 0 Å². The van der Waals surface area contributed by atoms with Crippen molar-refractivity contribution < 1.29 is 14.3 Å². The van der Waals surface area contributed by atoms with Gasteiger partial charge in [0.15, 0.2) is 0 Å². The number of likely N-dealkylation sites (tertiary alicyclic amines) is 1. The van der Waals surface area contributed by atoms with Crippen molar-refractivity contribution in [3.8, 4) is 0 Å². The van der Waals surface area contributed by atoms with Crippen LogP contribution in [0.5, 0.6) is 0 Å². The number of rotatable bonds is 6. The Hall–Kier alpha value is -2.53. The molecule has 0 saturated carbocycles. The van der Waals surface area contributed by atoms with Gasteiger partial charge in [-0.05, 0) is 68.9 Å². The van der Waals surface area contributed by atoms with E-state index in [4.69, 9.17) is 16.3 Å². The lowest BCUT2D eigenvalue weighted by Crippen LogP contribution is -2.40. The van der Waals surface area contributed by atoms with Gasteiger partial charge in [-0.2, -0.15) is 0 Å². The first kappa shape index (κ1) is 22.2. The minimum atomic E-state index is -0.237. The molecular formula is C24H29ClN2O3. The number of halogens is 1.